The number of carbonyl (C=O) groups is 1. The lowest BCUT2D eigenvalue weighted by molar-refractivity contribution is -0.135. The van der Waals surface area contributed by atoms with Crippen LogP contribution < -0.4 is 9.47 Å². The molecule has 24 heavy (non-hydrogen) atoms. The van der Waals surface area contributed by atoms with Gasteiger partial charge in [0.1, 0.15) is 11.9 Å². The minimum Gasteiger partial charge on any atom is -0.489 e. The lowest BCUT2D eigenvalue weighted by Crippen LogP contribution is -2.43. The number of rotatable bonds is 5. The van der Waals surface area contributed by atoms with Crippen molar-refractivity contribution in [3.8, 4) is 11.5 Å². The van der Waals surface area contributed by atoms with Gasteiger partial charge in [0.25, 0.3) is 5.91 Å². The van der Waals surface area contributed by atoms with Crippen molar-refractivity contribution in [2.75, 3.05) is 19.7 Å². The van der Waals surface area contributed by atoms with Crippen molar-refractivity contribution in [1.29, 1.82) is 0 Å². The van der Waals surface area contributed by atoms with Crippen LogP contribution in [0.2, 0.25) is 0 Å². The molecule has 1 aromatic carbocycles. The number of benzene rings is 1. The second kappa shape index (κ2) is 7.77. The number of halogens is 1. The maximum absolute atomic E-state index is 13.5. The zero-order chi connectivity index (χ0) is 16.8. The van der Waals surface area contributed by atoms with E-state index in [1.165, 1.54) is 12.1 Å². The summed E-state index contributed by atoms with van der Waals surface area (Å²) in [6, 6.07) is 9.76. The summed E-state index contributed by atoms with van der Waals surface area (Å²) in [4.78, 5) is 17.9. The van der Waals surface area contributed by atoms with Crippen molar-refractivity contribution >= 4 is 5.91 Å². The number of amides is 1. The van der Waals surface area contributed by atoms with Crippen LogP contribution in [0.15, 0.2) is 48.8 Å². The topological polar surface area (TPSA) is 51.7 Å². The highest BCUT2D eigenvalue weighted by Crippen LogP contribution is 2.19. The number of carbonyl (C=O) groups excluding carboxylic acids is 1. The fourth-order valence-electron chi connectivity index (χ4n) is 2.62. The van der Waals surface area contributed by atoms with E-state index in [2.05, 4.69) is 4.98 Å². The Morgan fingerprint density at radius 1 is 1.21 bits per heavy atom. The molecule has 2 aromatic rings. The lowest BCUT2D eigenvalue weighted by atomic mass is 10.1. The van der Waals surface area contributed by atoms with E-state index in [1.54, 1.807) is 29.4 Å². The molecule has 0 atom stereocenters. The van der Waals surface area contributed by atoms with E-state index in [9.17, 15) is 9.18 Å². The minimum absolute atomic E-state index is 0.0748. The van der Waals surface area contributed by atoms with Gasteiger partial charge in [-0.25, -0.2) is 4.39 Å². The number of piperidine rings is 1. The van der Waals surface area contributed by atoms with E-state index >= 15 is 0 Å². The maximum Gasteiger partial charge on any atom is 0.260 e. The number of nitrogens with zero attached hydrogens (tertiary/aromatic N) is 2. The zero-order valence-corrected chi connectivity index (χ0v) is 13.2. The number of likely N-dealkylation sites (tertiary alicyclic amines) is 1. The summed E-state index contributed by atoms with van der Waals surface area (Å²) in [5.74, 6) is 0.234. The van der Waals surface area contributed by atoms with Crippen molar-refractivity contribution in [2.45, 2.75) is 18.9 Å². The highest BCUT2D eigenvalue weighted by atomic mass is 19.1. The van der Waals surface area contributed by atoms with Crippen LogP contribution in [0.3, 0.4) is 0 Å². The normalized spacial score (nSPS) is 15.1. The van der Waals surface area contributed by atoms with E-state index in [-0.39, 0.29) is 24.4 Å². The van der Waals surface area contributed by atoms with Crippen molar-refractivity contribution in [1.82, 2.24) is 9.88 Å². The quantitative estimate of drug-likeness (QED) is 0.846. The Kier molecular flexibility index (Phi) is 5.25. The molecule has 1 amide bonds. The molecule has 126 valence electrons. The van der Waals surface area contributed by atoms with E-state index in [0.717, 1.165) is 18.6 Å². The Balaban J connectivity index is 1.44. The number of para-hydroxylation sites is 1. The third-order valence-electron chi connectivity index (χ3n) is 3.92. The highest BCUT2D eigenvalue weighted by Gasteiger charge is 2.24. The molecule has 5 nitrogen and oxygen atoms in total. The number of ether oxygens (including phenoxy) is 2. The standard InChI is InChI=1S/C18H19FN2O3/c19-16-5-1-2-6-17(16)23-13-18(22)21-10-7-14(8-11-21)24-15-4-3-9-20-12-15/h1-6,9,12,14H,7-8,10-11,13H2. The molecule has 0 aliphatic carbocycles. The third-order valence-corrected chi connectivity index (χ3v) is 3.92. The summed E-state index contributed by atoms with van der Waals surface area (Å²) in [6.07, 6.45) is 4.95. The monoisotopic (exact) mass is 330 g/mol. The molecule has 6 heteroatoms. The van der Waals surface area contributed by atoms with Crippen molar-refractivity contribution in [2.24, 2.45) is 0 Å². The first kappa shape index (κ1) is 16.2. The van der Waals surface area contributed by atoms with Gasteiger partial charge in [-0.1, -0.05) is 12.1 Å². The maximum atomic E-state index is 13.5. The smallest absolute Gasteiger partial charge is 0.260 e. The van der Waals surface area contributed by atoms with Crippen LogP contribution in [0, 0.1) is 5.82 Å². The molecule has 1 aromatic heterocycles. The molecule has 1 fully saturated rings. The van der Waals surface area contributed by atoms with Gasteiger partial charge in [0.15, 0.2) is 18.2 Å². The molecule has 1 aliphatic rings. The molecule has 0 radical (unpaired) electrons. The Bertz CT molecular complexity index is 673. The fourth-order valence-corrected chi connectivity index (χ4v) is 2.62. The van der Waals surface area contributed by atoms with Crippen LogP contribution in [0.5, 0.6) is 11.5 Å². The molecule has 1 saturated heterocycles. The minimum atomic E-state index is -0.464. The molecule has 0 bridgehead atoms. The first-order chi connectivity index (χ1) is 11.7. The Labute approximate surface area is 140 Å². The molecule has 0 spiro atoms. The van der Waals surface area contributed by atoms with Gasteiger partial charge >= 0.3 is 0 Å². The van der Waals surface area contributed by atoms with Gasteiger partial charge in [-0.2, -0.15) is 0 Å². The number of hydrogen-bond donors (Lipinski definition) is 0. The summed E-state index contributed by atoms with van der Waals surface area (Å²) in [5, 5.41) is 0. The average molecular weight is 330 g/mol. The van der Waals surface area contributed by atoms with Gasteiger partial charge in [-0.15, -0.1) is 0 Å². The van der Waals surface area contributed by atoms with Gasteiger partial charge in [-0.05, 0) is 24.3 Å². The van der Waals surface area contributed by atoms with Crippen LogP contribution in [-0.4, -0.2) is 41.6 Å². The van der Waals surface area contributed by atoms with E-state index < -0.39 is 5.82 Å². The first-order valence-corrected chi connectivity index (χ1v) is 7.94. The van der Waals surface area contributed by atoms with E-state index in [4.69, 9.17) is 9.47 Å². The molecule has 0 unspecified atom stereocenters. The molecule has 0 saturated carbocycles. The number of aromatic nitrogens is 1. The van der Waals surface area contributed by atoms with Crippen LogP contribution in [0.25, 0.3) is 0 Å². The van der Waals surface area contributed by atoms with Crippen LogP contribution in [-0.2, 0) is 4.79 Å². The summed E-state index contributed by atoms with van der Waals surface area (Å²) in [5.41, 5.74) is 0. The second-order valence-corrected chi connectivity index (χ2v) is 5.61. The van der Waals surface area contributed by atoms with Crippen molar-refractivity contribution in [3.05, 3.63) is 54.6 Å². The molecule has 3 rings (SSSR count). The van der Waals surface area contributed by atoms with E-state index in [1.807, 2.05) is 12.1 Å². The molecular formula is C18H19FN2O3. The van der Waals surface area contributed by atoms with Crippen LogP contribution in [0.1, 0.15) is 12.8 Å². The SMILES string of the molecule is O=C(COc1ccccc1F)N1CCC(Oc2cccnc2)CC1. The van der Waals surface area contributed by atoms with Gasteiger partial charge < -0.3 is 14.4 Å². The Morgan fingerprint density at radius 2 is 2.00 bits per heavy atom. The Morgan fingerprint density at radius 3 is 2.71 bits per heavy atom. The van der Waals surface area contributed by atoms with Gasteiger partial charge in [0.2, 0.25) is 0 Å². The van der Waals surface area contributed by atoms with Gasteiger partial charge in [0.05, 0.1) is 6.20 Å². The molecule has 0 N–H and O–H groups in total. The van der Waals surface area contributed by atoms with Crippen LogP contribution in [0.4, 0.5) is 4.39 Å². The first-order valence-electron chi connectivity index (χ1n) is 7.94. The number of pyridine rings is 1. The largest absolute Gasteiger partial charge is 0.489 e. The van der Waals surface area contributed by atoms with Crippen molar-refractivity contribution < 1.29 is 18.7 Å². The summed E-state index contributed by atoms with van der Waals surface area (Å²) >= 11 is 0. The number of hydrogen-bond acceptors (Lipinski definition) is 4. The summed E-state index contributed by atoms with van der Waals surface area (Å²) in [6.45, 7) is 1.05. The molecule has 2 heterocycles. The predicted molar refractivity (Wildman–Crippen MR) is 86.4 cm³/mol. The van der Waals surface area contributed by atoms with Gasteiger partial charge in [0, 0.05) is 32.1 Å². The Hall–Kier alpha value is -2.63. The molecular weight excluding hydrogens is 311 g/mol. The van der Waals surface area contributed by atoms with Crippen molar-refractivity contribution in [3.63, 3.8) is 0 Å². The zero-order valence-electron chi connectivity index (χ0n) is 13.2. The molecule has 1 aliphatic heterocycles. The third kappa shape index (κ3) is 4.22. The van der Waals surface area contributed by atoms with Gasteiger partial charge in [-0.3, -0.25) is 9.78 Å². The highest BCUT2D eigenvalue weighted by molar-refractivity contribution is 5.77. The summed E-state index contributed by atoms with van der Waals surface area (Å²) < 4.78 is 24.6. The predicted octanol–water partition coefficient (Wildman–Crippen LogP) is 2.67. The fraction of sp³-hybridized carbons (Fsp3) is 0.333. The average Bonchev–Trinajstić information content (AvgIpc) is 2.62. The summed E-state index contributed by atoms with van der Waals surface area (Å²) in [7, 11) is 0. The van der Waals surface area contributed by atoms with E-state index in [0.29, 0.717) is 13.1 Å². The van der Waals surface area contributed by atoms with Crippen LogP contribution >= 0.6 is 0 Å². The second-order valence-electron chi connectivity index (χ2n) is 5.61. The lowest BCUT2D eigenvalue weighted by Gasteiger charge is -2.32.